The highest BCUT2D eigenvalue weighted by molar-refractivity contribution is 6.34. The Morgan fingerprint density at radius 1 is 0.932 bits per heavy atom. The molecule has 1 aliphatic carbocycles. The number of hydrogen-bond donors (Lipinski definition) is 2. The van der Waals surface area contributed by atoms with E-state index in [1.165, 1.54) is 13.3 Å². The topological polar surface area (TPSA) is 97.1 Å². The lowest BCUT2D eigenvalue weighted by Gasteiger charge is -2.05. The van der Waals surface area contributed by atoms with Crippen LogP contribution >= 0.6 is 0 Å². The molecule has 0 atom stereocenters. The number of para-hydroxylation sites is 2. The number of allylic oxidation sites excluding steroid dienone is 7. The lowest BCUT2D eigenvalue weighted by atomic mass is 10.0. The second kappa shape index (κ2) is 14.1. The Morgan fingerprint density at radius 3 is 2.45 bits per heavy atom. The van der Waals surface area contributed by atoms with Gasteiger partial charge in [0.15, 0.2) is 0 Å². The minimum atomic E-state index is -0.108. The van der Waals surface area contributed by atoms with Gasteiger partial charge in [0.05, 0.1) is 0 Å². The summed E-state index contributed by atoms with van der Waals surface area (Å²) < 4.78 is 6.03. The summed E-state index contributed by atoms with van der Waals surface area (Å²) in [5.41, 5.74) is 7.66. The van der Waals surface area contributed by atoms with Crippen LogP contribution in [0.4, 0.5) is 11.4 Å². The van der Waals surface area contributed by atoms with Gasteiger partial charge >= 0.3 is 0 Å². The monoisotopic (exact) mass is 582 g/mol. The van der Waals surface area contributed by atoms with Gasteiger partial charge in [0.1, 0.15) is 0 Å². The maximum atomic E-state index is 12.4. The number of rotatable bonds is 6. The number of anilines is 2. The van der Waals surface area contributed by atoms with E-state index in [0.29, 0.717) is 23.8 Å². The number of benzene rings is 3. The molecule has 7 nitrogen and oxygen atoms in total. The van der Waals surface area contributed by atoms with Crippen LogP contribution in [-0.2, 0) is 9.59 Å². The van der Waals surface area contributed by atoms with E-state index in [0.717, 1.165) is 44.8 Å². The van der Waals surface area contributed by atoms with Crippen molar-refractivity contribution in [2.75, 3.05) is 10.6 Å². The Labute approximate surface area is 257 Å². The molecule has 2 N–H and O–H groups in total. The fourth-order valence-corrected chi connectivity index (χ4v) is 4.68. The van der Waals surface area contributed by atoms with Crippen molar-refractivity contribution in [1.29, 1.82) is 0 Å². The number of nitrogens with zero attached hydrogens (tertiary/aromatic N) is 2. The largest absolute Gasteiger partial charge is 0.416 e. The van der Waals surface area contributed by atoms with Crippen LogP contribution in [0.3, 0.4) is 0 Å². The molecule has 0 fully saturated rings. The van der Waals surface area contributed by atoms with Crippen molar-refractivity contribution in [2.24, 2.45) is 0 Å². The molecule has 7 heteroatoms. The van der Waals surface area contributed by atoms with Crippen LogP contribution in [0.2, 0.25) is 0 Å². The number of hydrogen-bond acceptors (Lipinski definition) is 5. The van der Waals surface area contributed by atoms with E-state index < -0.39 is 0 Å². The molecule has 0 unspecified atom stereocenters. The molecule has 6 rings (SSSR count). The summed E-state index contributed by atoms with van der Waals surface area (Å²) in [6, 6.07) is 23.0. The first-order chi connectivity index (χ1) is 21.4. The molecule has 44 heavy (non-hydrogen) atoms. The van der Waals surface area contributed by atoms with Gasteiger partial charge in [-0.25, -0.2) is 0 Å². The molecule has 2 amide bonds. The molecular weight excluding hydrogens is 548 g/mol. The first-order valence-electron chi connectivity index (χ1n) is 14.6. The van der Waals surface area contributed by atoms with Crippen LogP contribution in [0.5, 0.6) is 0 Å². The highest BCUT2D eigenvalue weighted by Crippen LogP contribution is 2.33. The van der Waals surface area contributed by atoms with Crippen molar-refractivity contribution >= 4 is 46.5 Å². The first kappa shape index (κ1) is 29.9. The third kappa shape index (κ3) is 7.25. The van der Waals surface area contributed by atoms with Crippen LogP contribution in [0.15, 0.2) is 113 Å². The fraction of sp³-hybridized carbons (Fsp3) is 0.135. The third-order valence-electron chi connectivity index (χ3n) is 6.73. The van der Waals surface area contributed by atoms with Gasteiger partial charge in [0.2, 0.25) is 17.7 Å². The number of nitrogens with one attached hydrogen (secondary N) is 2. The maximum Gasteiger partial charge on any atom is 0.256 e. The van der Waals surface area contributed by atoms with Crippen molar-refractivity contribution in [3.8, 4) is 11.5 Å². The van der Waals surface area contributed by atoms with E-state index in [4.69, 9.17) is 4.42 Å². The summed E-state index contributed by atoms with van der Waals surface area (Å²) in [6.07, 6.45) is 15.8. The first-order valence-corrected chi connectivity index (χ1v) is 14.6. The average molecular weight is 583 g/mol. The smallest absolute Gasteiger partial charge is 0.256 e. The van der Waals surface area contributed by atoms with Gasteiger partial charge < -0.3 is 15.1 Å². The van der Waals surface area contributed by atoms with Crippen molar-refractivity contribution in [3.05, 3.63) is 131 Å². The van der Waals surface area contributed by atoms with E-state index in [1.54, 1.807) is 0 Å². The van der Waals surface area contributed by atoms with Crippen LogP contribution in [0.25, 0.3) is 34.8 Å². The number of carbonyl (C=O) groups excluding carboxylic acids is 2. The zero-order valence-electron chi connectivity index (χ0n) is 25.0. The summed E-state index contributed by atoms with van der Waals surface area (Å²) in [5.74, 6) is 0.678. The number of amides is 2. The van der Waals surface area contributed by atoms with E-state index in [9.17, 15) is 9.59 Å². The molecule has 0 saturated carbocycles. The van der Waals surface area contributed by atoms with Crippen molar-refractivity contribution in [3.63, 3.8) is 0 Å². The lowest BCUT2D eigenvalue weighted by molar-refractivity contribution is -0.114. The van der Waals surface area contributed by atoms with Gasteiger partial charge in [-0.3, -0.25) is 9.59 Å². The fourth-order valence-electron chi connectivity index (χ4n) is 4.68. The average Bonchev–Trinajstić information content (AvgIpc) is 3.55. The number of carbonyl (C=O) groups is 2. The van der Waals surface area contributed by atoms with Crippen LogP contribution < -0.4 is 10.6 Å². The molecule has 1 aromatic heterocycles. The summed E-state index contributed by atoms with van der Waals surface area (Å²) in [7, 11) is 0. The Hall–Kier alpha value is -5.56. The van der Waals surface area contributed by atoms with Gasteiger partial charge in [0, 0.05) is 40.6 Å². The molecule has 0 saturated heterocycles. The van der Waals surface area contributed by atoms with E-state index >= 15 is 0 Å². The minimum Gasteiger partial charge on any atom is -0.416 e. The van der Waals surface area contributed by atoms with E-state index in [-0.39, 0.29) is 11.8 Å². The van der Waals surface area contributed by atoms with Crippen molar-refractivity contribution < 1.29 is 14.0 Å². The molecular formula is C37H34N4O3. The standard InChI is InChI=1S/C34H26N4O3.C3H8/c1-22(39)35-30-11-4-2-8-25(30)17-13-23-7-6-9-26(18-14-23)33-37-38-34(41-33)27-19-15-24(16-20-27)21-29-28-10-3-5-12-31(28)36-32(29)40;1-3-2/h2-8,10-21H,9H2,1H3,(H,35,39)(H,36,40);3H2,1-2H3/b17-13+,29-21-;. The summed E-state index contributed by atoms with van der Waals surface area (Å²) in [5, 5.41) is 14.3. The van der Waals surface area contributed by atoms with E-state index in [2.05, 4.69) is 40.8 Å². The number of fused-ring (bicyclic) bond motifs is 1. The summed E-state index contributed by atoms with van der Waals surface area (Å²) in [4.78, 5) is 23.9. The normalized spacial score (nSPS) is 14.7. The minimum absolute atomic E-state index is 0.106. The second-order valence-corrected chi connectivity index (χ2v) is 10.4. The van der Waals surface area contributed by atoms with Crippen molar-refractivity contribution in [1.82, 2.24) is 10.2 Å². The van der Waals surface area contributed by atoms with Crippen LogP contribution in [-0.4, -0.2) is 22.0 Å². The molecule has 0 bridgehead atoms. The predicted octanol–water partition coefficient (Wildman–Crippen LogP) is 8.59. The molecule has 3 aromatic carbocycles. The summed E-state index contributed by atoms with van der Waals surface area (Å²) >= 11 is 0. The molecule has 2 heterocycles. The van der Waals surface area contributed by atoms with Gasteiger partial charge in [-0.1, -0.05) is 105 Å². The maximum absolute atomic E-state index is 12.4. The Bertz CT molecular complexity index is 1820. The zero-order valence-corrected chi connectivity index (χ0v) is 25.0. The lowest BCUT2D eigenvalue weighted by Crippen LogP contribution is -2.06. The van der Waals surface area contributed by atoms with Crippen LogP contribution in [0.1, 0.15) is 56.2 Å². The molecule has 220 valence electrons. The Morgan fingerprint density at radius 2 is 1.66 bits per heavy atom. The molecule has 4 aromatic rings. The number of aromatic nitrogens is 2. The van der Waals surface area contributed by atoms with Gasteiger partial charge in [-0.2, -0.15) is 0 Å². The van der Waals surface area contributed by atoms with Gasteiger partial charge in [-0.15, -0.1) is 10.2 Å². The second-order valence-electron chi connectivity index (χ2n) is 10.4. The van der Waals surface area contributed by atoms with E-state index in [1.807, 2.05) is 109 Å². The SMILES string of the molecule is CC(=O)Nc1ccccc1/C=C/C1=CC=C(c2nnc(-c3ccc(/C=C4\C(=O)Nc5ccccc54)cc3)o2)CC=C1.CCC. The molecule has 0 radical (unpaired) electrons. The molecule has 0 spiro atoms. The van der Waals surface area contributed by atoms with Crippen LogP contribution in [0, 0.1) is 0 Å². The molecule has 2 aliphatic rings. The Balaban J connectivity index is 0.00000123. The highest BCUT2D eigenvalue weighted by atomic mass is 16.4. The summed E-state index contributed by atoms with van der Waals surface area (Å²) in [6.45, 7) is 5.75. The Kier molecular flexibility index (Phi) is 9.57. The van der Waals surface area contributed by atoms with Gasteiger partial charge in [-0.05, 0) is 53.5 Å². The third-order valence-corrected chi connectivity index (χ3v) is 6.73. The quantitative estimate of drug-likeness (QED) is 0.222. The van der Waals surface area contributed by atoms with Crippen molar-refractivity contribution in [2.45, 2.75) is 33.6 Å². The van der Waals surface area contributed by atoms with Gasteiger partial charge in [0.25, 0.3) is 5.91 Å². The zero-order chi connectivity index (χ0) is 30.9. The highest BCUT2D eigenvalue weighted by Gasteiger charge is 2.23. The molecule has 1 aliphatic heterocycles. The predicted molar refractivity (Wildman–Crippen MR) is 178 cm³/mol.